The van der Waals surface area contributed by atoms with Gasteiger partial charge in [0.1, 0.15) is 0 Å². The van der Waals surface area contributed by atoms with Crippen molar-refractivity contribution >= 4 is 81.9 Å². The van der Waals surface area contributed by atoms with E-state index in [4.69, 9.17) is 0 Å². The Morgan fingerprint density at radius 3 is 1.45 bits per heavy atom. The van der Waals surface area contributed by atoms with Crippen molar-refractivity contribution in [2.24, 2.45) is 0 Å². The maximum Gasteiger partial charge on any atom is 0.0385 e. The molecule has 282 valence electrons. The van der Waals surface area contributed by atoms with Gasteiger partial charge in [-0.2, -0.15) is 0 Å². The first-order chi connectivity index (χ1) is 29.8. The summed E-state index contributed by atoms with van der Waals surface area (Å²) in [5, 5.41) is 13.2. The van der Waals surface area contributed by atoms with Gasteiger partial charge in [0.25, 0.3) is 0 Å². The predicted molar refractivity (Wildman–Crippen MR) is 263 cm³/mol. The molecule has 2 heteroatoms. The molecule has 0 spiro atoms. The number of fused-ring (bicyclic) bond motifs is 5. The molecule has 0 N–H and O–H groups in total. The molecule has 1 unspecified atom stereocenters. The van der Waals surface area contributed by atoms with Gasteiger partial charge in [0.15, 0.2) is 0 Å². The summed E-state index contributed by atoms with van der Waals surface area (Å²) in [6.07, 6.45) is 3.48. The first kappa shape index (κ1) is 35.3. The second-order valence-corrected chi connectivity index (χ2v) is 18.1. The minimum Gasteiger partial charge on any atom is -0.135 e. The van der Waals surface area contributed by atoms with E-state index >= 15 is 0 Å². The Kier molecular flexibility index (Phi) is 8.54. The molecule has 0 nitrogen and oxygen atoms in total. The van der Waals surface area contributed by atoms with Crippen LogP contribution in [0.4, 0.5) is 0 Å². The molecule has 60 heavy (non-hydrogen) atoms. The fourth-order valence-electron chi connectivity index (χ4n) is 9.71. The van der Waals surface area contributed by atoms with E-state index in [1.54, 1.807) is 0 Å². The van der Waals surface area contributed by atoms with Gasteiger partial charge in [-0.3, -0.25) is 0 Å². The third kappa shape index (κ3) is 5.82. The maximum atomic E-state index is 2.50. The number of rotatable bonds is 6. The zero-order chi connectivity index (χ0) is 39.6. The Labute approximate surface area is 358 Å². The first-order valence-electron chi connectivity index (χ1n) is 20.8. The van der Waals surface area contributed by atoms with E-state index in [9.17, 15) is 0 Å². The van der Waals surface area contributed by atoms with Gasteiger partial charge in [-0.25, -0.2) is 0 Å². The lowest BCUT2D eigenvalue weighted by Crippen LogP contribution is -1.94. The minimum atomic E-state index is 0.372. The fraction of sp³-hybridized carbons (Fsp3) is 0.0345. The van der Waals surface area contributed by atoms with E-state index < -0.39 is 0 Å². The smallest absolute Gasteiger partial charge is 0.0385 e. The van der Waals surface area contributed by atoms with E-state index in [1.165, 1.54) is 113 Å². The molecule has 11 aromatic rings. The van der Waals surface area contributed by atoms with Gasteiger partial charge in [0, 0.05) is 19.9 Å². The number of thiophene rings is 1. The molecule has 10 aromatic carbocycles. The van der Waals surface area contributed by atoms with Gasteiger partial charge in [0.05, 0.1) is 0 Å². The van der Waals surface area contributed by atoms with Gasteiger partial charge in [0.2, 0.25) is 0 Å². The number of benzene rings is 10. The maximum absolute atomic E-state index is 2.50. The van der Waals surface area contributed by atoms with Crippen molar-refractivity contribution in [3.8, 4) is 43.1 Å². The normalized spacial score (nSPS) is 14.1. The molecule has 0 fully saturated rings. The summed E-state index contributed by atoms with van der Waals surface area (Å²) in [7, 11) is 0. The van der Waals surface area contributed by atoms with Crippen LogP contribution in [-0.4, -0.2) is 0 Å². The lowest BCUT2D eigenvalue weighted by atomic mass is 9.83. The zero-order valence-electron chi connectivity index (χ0n) is 32.8. The highest BCUT2D eigenvalue weighted by atomic mass is 32.2. The average molecular weight is 799 g/mol. The summed E-state index contributed by atoms with van der Waals surface area (Å²) in [5.41, 5.74) is 10.4. The lowest BCUT2D eigenvalue weighted by Gasteiger charge is -2.21. The van der Waals surface area contributed by atoms with Crippen LogP contribution in [0.5, 0.6) is 0 Å². The highest BCUT2D eigenvalue weighted by Crippen LogP contribution is 2.53. The summed E-state index contributed by atoms with van der Waals surface area (Å²) >= 11 is 3.90. The van der Waals surface area contributed by atoms with Gasteiger partial charge in [-0.05, 0) is 123 Å². The SMILES string of the molecule is C1=C(c2ccc(-c3ccc(-c4cccc5ccccc45)s3)c(-c3c4ccccc4c(-c4cccc5ccccc45)c4ccccc34)c2)SC(c2cccc3ccccc23)C1. The molecule has 1 atom stereocenters. The summed E-state index contributed by atoms with van der Waals surface area (Å²) in [6, 6.07) is 76.7. The van der Waals surface area contributed by atoms with Crippen LogP contribution in [0.25, 0.3) is 102 Å². The molecule has 0 bridgehead atoms. The molecule has 0 amide bonds. The Morgan fingerprint density at radius 2 is 0.817 bits per heavy atom. The number of thioether (sulfide) groups is 1. The number of hydrogen-bond donors (Lipinski definition) is 0. The highest BCUT2D eigenvalue weighted by molar-refractivity contribution is 8.08. The molecule has 0 saturated carbocycles. The monoisotopic (exact) mass is 798 g/mol. The zero-order valence-corrected chi connectivity index (χ0v) is 34.4. The van der Waals surface area contributed by atoms with Crippen LogP contribution in [0.3, 0.4) is 0 Å². The van der Waals surface area contributed by atoms with Crippen molar-refractivity contribution in [3.05, 3.63) is 223 Å². The highest BCUT2D eigenvalue weighted by Gasteiger charge is 2.25. The fourth-order valence-corrected chi connectivity index (χ4v) is 12.1. The molecule has 0 radical (unpaired) electrons. The topological polar surface area (TPSA) is 0 Å². The van der Waals surface area contributed by atoms with Crippen molar-refractivity contribution in [1.29, 1.82) is 0 Å². The summed E-state index contributed by atoms with van der Waals surface area (Å²) in [5.74, 6) is 0. The van der Waals surface area contributed by atoms with Gasteiger partial charge in [-0.15, -0.1) is 23.1 Å². The van der Waals surface area contributed by atoms with Crippen molar-refractivity contribution < 1.29 is 0 Å². The van der Waals surface area contributed by atoms with Gasteiger partial charge >= 0.3 is 0 Å². The summed E-state index contributed by atoms with van der Waals surface area (Å²) in [6.45, 7) is 0. The van der Waals surface area contributed by atoms with Crippen molar-refractivity contribution in [1.82, 2.24) is 0 Å². The molecule has 12 rings (SSSR count). The van der Waals surface area contributed by atoms with Crippen molar-refractivity contribution in [2.75, 3.05) is 0 Å². The van der Waals surface area contributed by atoms with Crippen LogP contribution in [-0.2, 0) is 0 Å². The van der Waals surface area contributed by atoms with Crippen molar-refractivity contribution in [2.45, 2.75) is 11.7 Å². The van der Waals surface area contributed by atoms with Crippen LogP contribution in [0.2, 0.25) is 0 Å². The second-order valence-electron chi connectivity index (χ2n) is 15.8. The van der Waals surface area contributed by atoms with Crippen LogP contribution >= 0.6 is 23.1 Å². The quantitative estimate of drug-likeness (QED) is 0.151. The predicted octanol–water partition coefficient (Wildman–Crippen LogP) is 17.4. The van der Waals surface area contributed by atoms with E-state index in [2.05, 4.69) is 212 Å². The van der Waals surface area contributed by atoms with Gasteiger partial charge < -0.3 is 0 Å². The molecule has 0 aliphatic carbocycles. The molecule has 1 aliphatic heterocycles. The van der Waals surface area contributed by atoms with E-state index in [0.717, 1.165) is 6.42 Å². The molecule has 1 aliphatic rings. The molecule has 1 aromatic heterocycles. The van der Waals surface area contributed by atoms with E-state index in [0.29, 0.717) is 5.25 Å². The summed E-state index contributed by atoms with van der Waals surface area (Å²) in [4.78, 5) is 3.90. The largest absolute Gasteiger partial charge is 0.135 e. The van der Waals surface area contributed by atoms with Crippen molar-refractivity contribution in [3.63, 3.8) is 0 Å². The minimum absolute atomic E-state index is 0.372. The Bertz CT molecular complexity index is 3440. The molecule has 2 heterocycles. The van der Waals surface area contributed by atoms with Gasteiger partial charge in [-0.1, -0.05) is 194 Å². The lowest BCUT2D eigenvalue weighted by molar-refractivity contribution is 1.00. The first-order valence-corrected chi connectivity index (χ1v) is 22.5. The molecule has 0 saturated heterocycles. The third-order valence-electron chi connectivity index (χ3n) is 12.4. The summed E-state index contributed by atoms with van der Waals surface area (Å²) < 4.78 is 0. The Morgan fingerprint density at radius 1 is 0.350 bits per heavy atom. The van der Waals surface area contributed by atoms with Crippen LogP contribution < -0.4 is 0 Å². The number of allylic oxidation sites excluding steroid dienone is 1. The van der Waals surface area contributed by atoms with Crippen LogP contribution in [0.15, 0.2) is 212 Å². The Balaban J connectivity index is 1.08. The number of hydrogen-bond acceptors (Lipinski definition) is 2. The average Bonchev–Trinajstić information content (AvgIpc) is 4.02. The third-order valence-corrected chi connectivity index (χ3v) is 15.0. The van der Waals surface area contributed by atoms with Crippen LogP contribution in [0.1, 0.15) is 22.8 Å². The second kappa shape index (κ2) is 14.5. The molecular weight excluding hydrogens is 761 g/mol. The van der Waals surface area contributed by atoms with E-state index in [1.807, 2.05) is 23.1 Å². The molecular formula is C58H38S2. The standard InChI is InChI=1S/C58H38S2/c1-4-20-41-37(14-1)17-11-27-44(41)54-33-32-53(59-54)40-30-31-46(56-35-34-55(60-56)45-28-12-18-38-15-2-5-21-42(38)45)52(36-40)58-50-25-9-7-23-48(50)57(49-24-8-10-26-51(49)58)47-29-13-19-39-16-3-6-22-43(39)47/h1-32,34-36,54H,33H2. The van der Waals surface area contributed by atoms with E-state index in [-0.39, 0.29) is 0 Å². The Hall–Kier alpha value is -6.71. The van der Waals surface area contributed by atoms with Crippen LogP contribution in [0, 0.1) is 0 Å².